The summed E-state index contributed by atoms with van der Waals surface area (Å²) in [7, 11) is 0. The van der Waals surface area contributed by atoms with E-state index in [0.717, 1.165) is 60.4 Å². The van der Waals surface area contributed by atoms with Crippen LogP contribution in [0.3, 0.4) is 0 Å². The molecule has 4 rings (SSSR count). The highest BCUT2D eigenvalue weighted by atomic mass is 16.6. The van der Waals surface area contributed by atoms with Crippen LogP contribution in [0.25, 0.3) is 10.9 Å². The summed E-state index contributed by atoms with van der Waals surface area (Å²) in [6.45, 7) is 12.8. The Labute approximate surface area is 214 Å². The van der Waals surface area contributed by atoms with Gasteiger partial charge in [-0.3, -0.25) is 15.2 Å². The van der Waals surface area contributed by atoms with E-state index in [9.17, 15) is 4.79 Å². The molecule has 1 unspecified atom stereocenters. The third kappa shape index (κ3) is 6.35. The number of amides is 1. The Morgan fingerprint density at radius 1 is 1.17 bits per heavy atom. The molecule has 1 saturated heterocycles. The van der Waals surface area contributed by atoms with Crippen molar-refractivity contribution >= 4 is 28.4 Å². The van der Waals surface area contributed by atoms with E-state index in [-0.39, 0.29) is 6.10 Å². The fraction of sp³-hybridized carbons (Fsp3) is 0.400. The molecule has 0 saturated carbocycles. The second-order valence-electron chi connectivity index (χ2n) is 9.49. The molecule has 1 aliphatic rings. The molecule has 1 aromatic heterocycles. The lowest BCUT2D eigenvalue weighted by atomic mass is 10.0. The van der Waals surface area contributed by atoms with E-state index in [0.29, 0.717) is 12.5 Å². The van der Waals surface area contributed by atoms with Gasteiger partial charge in [0.2, 0.25) is 0 Å². The van der Waals surface area contributed by atoms with Gasteiger partial charge in [0.1, 0.15) is 6.10 Å². The Bertz CT molecular complexity index is 1240. The Morgan fingerprint density at radius 3 is 2.67 bits per heavy atom. The van der Waals surface area contributed by atoms with Crippen LogP contribution in [-0.4, -0.2) is 54.8 Å². The van der Waals surface area contributed by atoms with Crippen LogP contribution >= 0.6 is 0 Å². The summed E-state index contributed by atoms with van der Waals surface area (Å²) in [5.74, 6) is 7.05. The number of ether oxygens (including phenoxy) is 1. The molecule has 1 aliphatic heterocycles. The van der Waals surface area contributed by atoms with Gasteiger partial charge in [-0.1, -0.05) is 51.7 Å². The number of fused-ring (bicyclic) bond motifs is 1. The van der Waals surface area contributed by atoms with Crippen molar-refractivity contribution in [3.05, 3.63) is 65.9 Å². The van der Waals surface area contributed by atoms with Gasteiger partial charge in [0.15, 0.2) is 0 Å². The number of carbonyl (C=O) groups excluding carboxylic acids is 1. The predicted octanol–water partition coefficient (Wildman–Crippen LogP) is 5.88. The van der Waals surface area contributed by atoms with Gasteiger partial charge in [0.05, 0.1) is 18.6 Å². The van der Waals surface area contributed by atoms with Crippen LogP contribution in [-0.2, 0) is 4.74 Å². The van der Waals surface area contributed by atoms with Crippen molar-refractivity contribution in [3.63, 3.8) is 0 Å². The van der Waals surface area contributed by atoms with Crippen LogP contribution in [0.15, 0.2) is 54.7 Å². The number of hydrogen-bond acceptors (Lipinski definition) is 5. The zero-order valence-electron chi connectivity index (χ0n) is 21.8. The molecule has 3 aromatic rings. The standard InChI is InChI=1S/C30H36N4O2/c1-5-33(6-2)18-7-8-23-9-14-28-27(20-23)29(15-17-31-28)34-19-16-26(21-34)36-30(35)32-25-12-10-24(11-13-25)22(3)4/h9-15,17,20,22,26H,5-6,16,18-19,21H2,1-4H3,(H,32,35). The minimum atomic E-state index is -0.413. The number of nitrogens with zero attached hydrogens (tertiary/aromatic N) is 3. The van der Waals surface area contributed by atoms with Crippen molar-refractivity contribution in [2.75, 3.05) is 42.9 Å². The molecule has 0 bridgehead atoms. The van der Waals surface area contributed by atoms with Gasteiger partial charge >= 0.3 is 6.09 Å². The van der Waals surface area contributed by atoms with Crippen LogP contribution in [0.4, 0.5) is 16.2 Å². The van der Waals surface area contributed by atoms with Crippen molar-refractivity contribution in [2.24, 2.45) is 0 Å². The summed E-state index contributed by atoms with van der Waals surface area (Å²) in [5.41, 5.74) is 5.01. The highest BCUT2D eigenvalue weighted by molar-refractivity contribution is 5.92. The highest BCUT2D eigenvalue weighted by Crippen LogP contribution is 2.30. The summed E-state index contributed by atoms with van der Waals surface area (Å²) >= 11 is 0. The second-order valence-corrected chi connectivity index (χ2v) is 9.49. The van der Waals surface area contributed by atoms with Crippen molar-refractivity contribution < 1.29 is 9.53 Å². The summed E-state index contributed by atoms with van der Waals surface area (Å²) in [6.07, 6.45) is 2.04. The van der Waals surface area contributed by atoms with Crippen LogP contribution < -0.4 is 10.2 Å². The molecule has 2 aromatic carbocycles. The molecule has 1 atom stereocenters. The van der Waals surface area contributed by atoms with Crippen molar-refractivity contribution in [1.82, 2.24) is 9.88 Å². The summed E-state index contributed by atoms with van der Waals surface area (Å²) in [4.78, 5) is 21.6. The number of carbonyl (C=O) groups is 1. The monoisotopic (exact) mass is 484 g/mol. The third-order valence-electron chi connectivity index (χ3n) is 6.73. The lowest BCUT2D eigenvalue weighted by Crippen LogP contribution is -2.26. The van der Waals surface area contributed by atoms with E-state index in [4.69, 9.17) is 4.74 Å². The molecule has 1 amide bonds. The molecule has 6 heteroatoms. The molecule has 0 aliphatic carbocycles. The first kappa shape index (κ1) is 25.5. The predicted molar refractivity (Wildman–Crippen MR) is 148 cm³/mol. The average molecular weight is 485 g/mol. The number of aromatic nitrogens is 1. The molecule has 0 radical (unpaired) electrons. The van der Waals surface area contributed by atoms with Gasteiger partial charge < -0.3 is 9.64 Å². The SMILES string of the molecule is CCN(CC)CC#Cc1ccc2nccc(N3CCC(OC(=O)Nc4ccc(C(C)C)cc4)C3)c2c1. The Balaban J connectivity index is 1.40. The minimum absolute atomic E-state index is 0.166. The molecule has 6 nitrogen and oxygen atoms in total. The number of pyridine rings is 1. The average Bonchev–Trinajstić information content (AvgIpc) is 3.34. The third-order valence-corrected chi connectivity index (χ3v) is 6.73. The maximum atomic E-state index is 12.5. The number of rotatable bonds is 7. The van der Waals surface area contributed by atoms with E-state index in [1.807, 2.05) is 48.7 Å². The first-order valence-corrected chi connectivity index (χ1v) is 12.9. The van der Waals surface area contributed by atoms with Crippen LogP contribution in [0, 0.1) is 11.8 Å². The van der Waals surface area contributed by atoms with Gasteiger partial charge in [-0.25, -0.2) is 4.79 Å². The van der Waals surface area contributed by atoms with Gasteiger partial charge in [0, 0.05) is 41.5 Å². The zero-order chi connectivity index (χ0) is 25.5. The maximum absolute atomic E-state index is 12.5. The molecular formula is C30H36N4O2. The number of hydrogen-bond donors (Lipinski definition) is 1. The van der Waals surface area contributed by atoms with Gasteiger partial charge in [-0.05, 0) is 61.0 Å². The lowest BCUT2D eigenvalue weighted by Gasteiger charge is -2.20. The fourth-order valence-corrected chi connectivity index (χ4v) is 4.48. The fourth-order valence-electron chi connectivity index (χ4n) is 4.48. The van der Waals surface area contributed by atoms with E-state index >= 15 is 0 Å². The van der Waals surface area contributed by atoms with Crippen molar-refractivity contribution in [2.45, 2.75) is 46.1 Å². The van der Waals surface area contributed by atoms with E-state index in [2.05, 4.69) is 65.7 Å². The number of anilines is 2. The minimum Gasteiger partial charge on any atom is -0.444 e. The molecular weight excluding hydrogens is 448 g/mol. The molecule has 1 fully saturated rings. The molecule has 36 heavy (non-hydrogen) atoms. The lowest BCUT2D eigenvalue weighted by molar-refractivity contribution is 0.122. The Morgan fingerprint density at radius 2 is 1.94 bits per heavy atom. The highest BCUT2D eigenvalue weighted by Gasteiger charge is 2.27. The normalized spacial score (nSPS) is 15.3. The number of benzene rings is 2. The van der Waals surface area contributed by atoms with E-state index < -0.39 is 6.09 Å². The maximum Gasteiger partial charge on any atom is 0.411 e. The van der Waals surface area contributed by atoms with Crippen molar-refractivity contribution in [3.8, 4) is 11.8 Å². The largest absolute Gasteiger partial charge is 0.444 e. The molecule has 1 N–H and O–H groups in total. The topological polar surface area (TPSA) is 57.7 Å². The van der Waals surface area contributed by atoms with E-state index in [1.165, 1.54) is 5.56 Å². The Kier molecular flexibility index (Phi) is 8.45. The van der Waals surface area contributed by atoms with Crippen LogP contribution in [0.5, 0.6) is 0 Å². The molecule has 0 spiro atoms. The van der Waals surface area contributed by atoms with Crippen LogP contribution in [0.2, 0.25) is 0 Å². The molecule has 2 heterocycles. The summed E-state index contributed by atoms with van der Waals surface area (Å²) in [5, 5.41) is 3.93. The summed E-state index contributed by atoms with van der Waals surface area (Å²) in [6, 6.07) is 16.1. The Hall–Kier alpha value is -3.56. The van der Waals surface area contributed by atoms with Crippen molar-refractivity contribution in [1.29, 1.82) is 0 Å². The summed E-state index contributed by atoms with van der Waals surface area (Å²) < 4.78 is 5.74. The first-order chi connectivity index (χ1) is 17.5. The second kappa shape index (κ2) is 11.9. The van der Waals surface area contributed by atoms with Crippen LogP contribution in [0.1, 0.15) is 51.2 Å². The first-order valence-electron chi connectivity index (χ1n) is 12.9. The van der Waals surface area contributed by atoms with Gasteiger partial charge in [0.25, 0.3) is 0 Å². The van der Waals surface area contributed by atoms with Gasteiger partial charge in [-0.15, -0.1) is 0 Å². The van der Waals surface area contributed by atoms with E-state index in [1.54, 1.807) is 0 Å². The zero-order valence-corrected chi connectivity index (χ0v) is 21.8. The number of nitrogens with one attached hydrogen (secondary N) is 1. The van der Waals surface area contributed by atoms with Gasteiger partial charge in [-0.2, -0.15) is 0 Å². The quantitative estimate of drug-likeness (QED) is 0.425. The molecule has 188 valence electrons. The smallest absolute Gasteiger partial charge is 0.411 e.